The van der Waals surface area contributed by atoms with E-state index in [1.165, 1.54) is 6.20 Å². The van der Waals surface area contributed by atoms with Crippen LogP contribution in [-0.2, 0) is 0 Å². The summed E-state index contributed by atoms with van der Waals surface area (Å²) >= 11 is 0. The van der Waals surface area contributed by atoms with Crippen LogP contribution in [0.1, 0.15) is 20.3 Å². The molecule has 0 unspecified atom stereocenters. The molecule has 0 amide bonds. The second kappa shape index (κ2) is 5.44. The molecule has 0 radical (unpaired) electrons. The summed E-state index contributed by atoms with van der Waals surface area (Å²) in [5, 5.41) is 17.9. The van der Waals surface area contributed by atoms with Crippen LogP contribution in [-0.4, -0.2) is 17.7 Å². The summed E-state index contributed by atoms with van der Waals surface area (Å²) in [6.07, 6.45) is 4.11. The third-order valence-corrected chi connectivity index (χ3v) is 2.55. The highest BCUT2D eigenvalue weighted by atomic mass is 16.5. The highest BCUT2D eigenvalue weighted by molar-refractivity contribution is 5.72. The van der Waals surface area contributed by atoms with E-state index in [1.807, 2.05) is 32.0 Å². The summed E-state index contributed by atoms with van der Waals surface area (Å²) < 4.78 is 0.835. The second-order valence-corrected chi connectivity index (χ2v) is 3.84. The first-order valence-corrected chi connectivity index (χ1v) is 6.05. The molecule has 5 heteroatoms. The van der Waals surface area contributed by atoms with Crippen LogP contribution in [0, 0.1) is 5.21 Å². The van der Waals surface area contributed by atoms with Gasteiger partial charge >= 0.3 is 0 Å². The van der Waals surface area contributed by atoms with Crippen molar-refractivity contribution in [1.82, 2.24) is 4.98 Å². The molecular weight excluding hydrogens is 228 g/mol. The Kier molecular flexibility index (Phi) is 3.72. The lowest BCUT2D eigenvalue weighted by Crippen LogP contribution is -2.30. The van der Waals surface area contributed by atoms with Crippen LogP contribution in [0.5, 0.6) is 0 Å². The van der Waals surface area contributed by atoms with Gasteiger partial charge in [0.2, 0.25) is 17.5 Å². The molecular formula is C13H16N4O. The van der Waals surface area contributed by atoms with Gasteiger partial charge in [0.1, 0.15) is 5.52 Å². The zero-order chi connectivity index (χ0) is 13.0. The second-order valence-electron chi connectivity index (χ2n) is 3.84. The predicted molar refractivity (Wildman–Crippen MR) is 72.5 cm³/mol. The van der Waals surface area contributed by atoms with Crippen LogP contribution in [0.2, 0.25) is 0 Å². The molecule has 0 N–H and O–H groups in total. The lowest BCUT2D eigenvalue weighted by molar-refractivity contribution is -0.576. The molecule has 0 saturated heterocycles. The normalized spacial score (nSPS) is 11.2. The maximum absolute atomic E-state index is 11.9. The van der Waals surface area contributed by atoms with E-state index in [0.717, 1.165) is 11.2 Å². The fourth-order valence-corrected chi connectivity index (χ4v) is 1.68. The molecule has 1 heterocycles. The topological polar surface area (TPSA) is 55.4 Å². The molecule has 94 valence electrons. The number of para-hydroxylation sites is 2. The Hall–Kier alpha value is -2.17. The summed E-state index contributed by atoms with van der Waals surface area (Å²) in [4.78, 5) is 4.45. The quantitative estimate of drug-likeness (QED) is 0.358. The average Bonchev–Trinajstić information content (AvgIpc) is 2.40. The van der Waals surface area contributed by atoms with Gasteiger partial charge in [0.15, 0.2) is 0 Å². The number of benzene rings is 1. The van der Waals surface area contributed by atoms with Gasteiger partial charge < -0.3 is 5.21 Å². The number of hydrogen-bond acceptors (Lipinski definition) is 4. The lowest BCUT2D eigenvalue weighted by Gasteiger charge is -2.15. The van der Waals surface area contributed by atoms with Crippen molar-refractivity contribution in [2.45, 2.75) is 20.3 Å². The minimum atomic E-state index is 0.566. The van der Waals surface area contributed by atoms with Gasteiger partial charge in [-0.2, -0.15) is 9.83 Å². The Morgan fingerprint density at radius 2 is 2.17 bits per heavy atom. The third kappa shape index (κ3) is 2.40. The first kappa shape index (κ1) is 12.3. The fourth-order valence-electron chi connectivity index (χ4n) is 1.68. The van der Waals surface area contributed by atoms with E-state index in [-0.39, 0.29) is 0 Å². The SMILES string of the molecule is CC/C=N/N(CC)c1c[n+]([O-])c2ccccc2n1. The van der Waals surface area contributed by atoms with Gasteiger partial charge in [-0.1, -0.05) is 19.1 Å². The lowest BCUT2D eigenvalue weighted by atomic mass is 10.3. The average molecular weight is 244 g/mol. The Bertz CT molecular complexity index is 568. The number of hydrogen-bond donors (Lipinski definition) is 0. The van der Waals surface area contributed by atoms with Crippen LogP contribution in [0.15, 0.2) is 35.6 Å². The number of fused-ring (bicyclic) bond motifs is 1. The smallest absolute Gasteiger partial charge is 0.242 e. The number of rotatable bonds is 4. The Morgan fingerprint density at radius 3 is 2.89 bits per heavy atom. The third-order valence-electron chi connectivity index (χ3n) is 2.55. The molecule has 0 bridgehead atoms. The van der Waals surface area contributed by atoms with Crippen molar-refractivity contribution in [2.24, 2.45) is 5.10 Å². The Balaban J connectivity index is 2.47. The number of nitrogens with zero attached hydrogens (tertiary/aromatic N) is 4. The summed E-state index contributed by atoms with van der Waals surface area (Å²) in [5.74, 6) is 0.566. The van der Waals surface area contributed by atoms with Gasteiger partial charge in [-0.3, -0.25) is 0 Å². The maximum Gasteiger partial charge on any atom is 0.242 e. The molecule has 1 aromatic carbocycles. The molecule has 0 fully saturated rings. The molecule has 0 atom stereocenters. The Morgan fingerprint density at radius 1 is 1.39 bits per heavy atom. The van der Waals surface area contributed by atoms with Crippen LogP contribution < -0.4 is 9.74 Å². The van der Waals surface area contributed by atoms with E-state index in [4.69, 9.17) is 0 Å². The number of anilines is 1. The monoisotopic (exact) mass is 244 g/mol. The van der Waals surface area contributed by atoms with E-state index in [0.29, 0.717) is 23.4 Å². The summed E-state index contributed by atoms with van der Waals surface area (Å²) in [6, 6.07) is 7.27. The first-order chi connectivity index (χ1) is 8.76. The number of hydrazone groups is 1. The number of aromatic nitrogens is 2. The van der Waals surface area contributed by atoms with E-state index in [1.54, 1.807) is 17.3 Å². The van der Waals surface area contributed by atoms with Crippen LogP contribution >= 0.6 is 0 Å². The molecule has 5 nitrogen and oxygen atoms in total. The molecule has 2 rings (SSSR count). The van der Waals surface area contributed by atoms with Crippen molar-refractivity contribution in [2.75, 3.05) is 11.6 Å². The molecule has 0 spiro atoms. The highest BCUT2D eigenvalue weighted by Gasteiger charge is 2.12. The van der Waals surface area contributed by atoms with Crippen LogP contribution in [0.25, 0.3) is 11.0 Å². The van der Waals surface area contributed by atoms with Gasteiger partial charge in [0.25, 0.3) is 0 Å². The van der Waals surface area contributed by atoms with E-state index in [2.05, 4.69) is 10.1 Å². The van der Waals surface area contributed by atoms with Gasteiger partial charge in [-0.15, -0.1) is 0 Å². The molecule has 0 aliphatic rings. The molecule has 18 heavy (non-hydrogen) atoms. The van der Waals surface area contributed by atoms with Crippen molar-refractivity contribution in [3.05, 3.63) is 35.7 Å². The minimum Gasteiger partial charge on any atom is -0.618 e. The molecule has 0 aliphatic carbocycles. The van der Waals surface area contributed by atoms with Crippen molar-refractivity contribution >= 4 is 23.1 Å². The molecule has 0 aliphatic heterocycles. The van der Waals surface area contributed by atoms with Gasteiger partial charge in [-0.25, -0.2) is 9.99 Å². The zero-order valence-electron chi connectivity index (χ0n) is 10.6. The van der Waals surface area contributed by atoms with Crippen molar-refractivity contribution in [1.29, 1.82) is 0 Å². The van der Waals surface area contributed by atoms with Crippen molar-refractivity contribution in [3.63, 3.8) is 0 Å². The van der Waals surface area contributed by atoms with Crippen LogP contribution in [0.3, 0.4) is 0 Å². The molecule has 1 aromatic heterocycles. The van der Waals surface area contributed by atoms with Gasteiger partial charge in [-0.05, 0) is 19.4 Å². The van der Waals surface area contributed by atoms with Gasteiger partial charge in [0, 0.05) is 18.8 Å². The molecule has 2 aromatic rings. The fraction of sp³-hybridized carbons (Fsp3) is 0.308. The summed E-state index contributed by atoms with van der Waals surface area (Å²) in [5.41, 5.74) is 1.24. The maximum atomic E-state index is 11.9. The van der Waals surface area contributed by atoms with E-state index in [9.17, 15) is 5.21 Å². The van der Waals surface area contributed by atoms with Crippen molar-refractivity contribution < 1.29 is 4.73 Å². The standard InChI is InChI=1S/C13H16N4O/c1-3-9-14-16(4-2)13-10-17(18)12-8-6-5-7-11(12)15-13/h5-10H,3-4H2,1-2H3/b14-9+. The summed E-state index contributed by atoms with van der Waals surface area (Å²) in [7, 11) is 0. The zero-order valence-corrected chi connectivity index (χ0v) is 10.6. The largest absolute Gasteiger partial charge is 0.618 e. The van der Waals surface area contributed by atoms with Gasteiger partial charge in [0.05, 0.1) is 0 Å². The predicted octanol–water partition coefficient (Wildman–Crippen LogP) is 2.09. The highest BCUT2D eigenvalue weighted by Crippen LogP contribution is 2.13. The summed E-state index contributed by atoms with van der Waals surface area (Å²) in [6.45, 7) is 4.65. The first-order valence-electron chi connectivity index (χ1n) is 6.05. The van der Waals surface area contributed by atoms with Crippen LogP contribution in [0.4, 0.5) is 5.82 Å². The Labute approximate surface area is 106 Å². The molecule has 0 saturated carbocycles. The van der Waals surface area contributed by atoms with E-state index >= 15 is 0 Å². The minimum absolute atomic E-state index is 0.566. The van der Waals surface area contributed by atoms with E-state index < -0.39 is 0 Å². The van der Waals surface area contributed by atoms with Crippen molar-refractivity contribution in [3.8, 4) is 0 Å².